The van der Waals surface area contributed by atoms with Crippen LogP contribution in [0.2, 0.25) is 0 Å². The van der Waals surface area contributed by atoms with Gasteiger partial charge in [0.05, 0.1) is 58.0 Å². The highest BCUT2D eigenvalue weighted by Crippen LogP contribution is 2.62. The van der Waals surface area contributed by atoms with Crippen LogP contribution in [0.1, 0.15) is 31.7 Å². The topological polar surface area (TPSA) is 78.5 Å². The number of hydrogen-bond donors (Lipinski definition) is 1. The van der Waals surface area contributed by atoms with Gasteiger partial charge in [-0.2, -0.15) is 0 Å². The molecule has 5 rings (SSSR count). The number of carbonyl (C=O) groups is 1. The van der Waals surface area contributed by atoms with Gasteiger partial charge in [-0.15, -0.1) is 0 Å². The van der Waals surface area contributed by atoms with Crippen molar-refractivity contribution in [1.29, 1.82) is 0 Å². The summed E-state index contributed by atoms with van der Waals surface area (Å²) in [6, 6.07) is 3.02. The summed E-state index contributed by atoms with van der Waals surface area (Å²) in [4.78, 5) is 15.1. The van der Waals surface area contributed by atoms with E-state index in [1.807, 2.05) is 0 Å². The molecule has 4 aliphatic heterocycles. The van der Waals surface area contributed by atoms with E-state index in [4.69, 9.17) is 23.7 Å². The minimum atomic E-state index is -0.932. The van der Waals surface area contributed by atoms with Crippen LogP contribution in [-0.4, -0.2) is 70.3 Å². The van der Waals surface area contributed by atoms with Crippen LogP contribution in [0.4, 0.5) is 10.1 Å². The number of fused-ring (bicyclic) bond motifs is 2. The fourth-order valence-electron chi connectivity index (χ4n) is 6.77. The average Bonchev–Trinajstić information content (AvgIpc) is 3.18. The van der Waals surface area contributed by atoms with E-state index in [2.05, 4.69) is 17.1 Å². The van der Waals surface area contributed by atoms with Gasteiger partial charge in [-0.05, 0) is 36.8 Å². The van der Waals surface area contributed by atoms with Crippen LogP contribution < -0.4 is 10.1 Å². The van der Waals surface area contributed by atoms with E-state index in [-0.39, 0.29) is 29.6 Å². The van der Waals surface area contributed by atoms with E-state index in [0.29, 0.717) is 37.2 Å². The number of halogens is 1. The Morgan fingerprint density at radius 2 is 2.09 bits per heavy atom. The maximum Gasteiger partial charge on any atom is 0.337 e. The standard InChI is InChI=1S/C25H33FN2O6/c1-5-15-13-28-9-8-24-21-19(7-6-18(26)22(21)31-3)27-25(24,34-11-10-33-24)20(28)12-16(15)17(14-30-2)23(29)32-4/h6-7,14-16,20,27H,5,8-13H2,1-4H3/b17-14+/t15-,16+,20+,24+,25+/m1/s1. The third-order valence-electron chi connectivity index (χ3n) is 8.17. The molecular formula is C25H33FN2O6. The zero-order valence-electron chi connectivity index (χ0n) is 20.2. The molecule has 0 saturated carbocycles. The first-order valence-corrected chi connectivity index (χ1v) is 11.9. The lowest BCUT2D eigenvalue weighted by Crippen LogP contribution is -2.75. The fourth-order valence-corrected chi connectivity index (χ4v) is 6.77. The molecule has 0 bridgehead atoms. The molecule has 4 heterocycles. The molecule has 0 aliphatic carbocycles. The Labute approximate surface area is 199 Å². The SMILES string of the molecule is CC[C@@H]1CN2CC[C@@]34OCCO[C@@]3(Nc3ccc(F)c(OC)c34)[C@@H]2C[C@@H]1/C(=C\OC)C(=O)OC. The highest BCUT2D eigenvalue weighted by molar-refractivity contribution is 5.88. The lowest BCUT2D eigenvalue weighted by Gasteiger charge is -2.61. The summed E-state index contributed by atoms with van der Waals surface area (Å²) < 4.78 is 43.9. The minimum absolute atomic E-state index is 0.0847. The fraction of sp³-hybridized carbons (Fsp3) is 0.640. The number of hydrogen-bond acceptors (Lipinski definition) is 8. The Morgan fingerprint density at radius 1 is 1.29 bits per heavy atom. The molecule has 34 heavy (non-hydrogen) atoms. The highest BCUT2D eigenvalue weighted by Gasteiger charge is 2.70. The molecule has 8 nitrogen and oxygen atoms in total. The van der Waals surface area contributed by atoms with Gasteiger partial charge >= 0.3 is 5.97 Å². The number of carbonyl (C=O) groups excluding carboxylic acids is 1. The number of rotatable bonds is 5. The first kappa shape index (κ1) is 23.4. The largest absolute Gasteiger partial charge is 0.504 e. The smallest absolute Gasteiger partial charge is 0.337 e. The van der Waals surface area contributed by atoms with E-state index in [1.54, 1.807) is 6.07 Å². The second-order valence-corrected chi connectivity index (χ2v) is 9.46. The number of benzene rings is 1. The molecule has 0 radical (unpaired) electrons. The molecule has 1 aromatic carbocycles. The monoisotopic (exact) mass is 476 g/mol. The van der Waals surface area contributed by atoms with Gasteiger partial charge in [-0.1, -0.05) is 13.3 Å². The van der Waals surface area contributed by atoms with Gasteiger partial charge in [0.25, 0.3) is 0 Å². The highest BCUT2D eigenvalue weighted by atomic mass is 19.1. The predicted octanol–water partition coefficient (Wildman–Crippen LogP) is 3.02. The average molecular weight is 477 g/mol. The Kier molecular flexibility index (Phi) is 5.98. The van der Waals surface area contributed by atoms with Crippen LogP contribution in [0.5, 0.6) is 5.75 Å². The molecule has 3 saturated heterocycles. The van der Waals surface area contributed by atoms with Crippen molar-refractivity contribution in [3.05, 3.63) is 35.3 Å². The third-order valence-corrected chi connectivity index (χ3v) is 8.17. The number of anilines is 1. The van der Waals surface area contributed by atoms with Gasteiger partial charge in [-0.25, -0.2) is 9.18 Å². The van der Waals surface area contributed by atoms with Gasteiger partial charge in [0.2, 0.25) is 0 Å². The summed E-state index contributed by atoms with van der Waals surface area (Å²) >= 11 is 0. The molecule has 0 amide bonds. The van der Waals surface area contributed by atoms with E-state index in [0.717, 1.165) is 25.2 Å². The normalized spacial score (nSPS) is 34.7. The molecule has 0 spiro atoms. The second-order valence-electron chi connectivity index (χ2n) is 9.46. The Bertz CT molecular complexity index is 1000. The molecule has 0 aromatic heterocycles. The van der Waals surface area contributed by atoms with Crippen molar-refractivity contribution in [3.63, 3.8) is 0 Å². The van der Waals surface area contributed by atoms with Gasteiger partial charge in [0, 0.05) is 18.8 Å². The van der Waals surface area contributed by atoms with Crippen molar-refractivity contribution in [2.75, 3.05) is 52.9 Å². The van der Waals surface area contributed by atoms with Crippen molar-refractivity contribution < 1.29 is 32.9 Å². The minimum Gasteiger partial charge on any atom is -0.504 e. The molecule has 9 heteroatoms. The number of nitrogens with zero attached hydrogens (tertiary/aromatic N) is 1. The molecule has 186 valence electrons. The number of nitrogens with one attached hydrogen (secondary N) is 1. The molecular weight excluding hydrogens is 443 g/mol. The summed E-state index contributed by atoms with van der Waals surface area (Å²) in [5.41, 5.74) is 0.147. The van der Waals surface area contributed by atoms with Crippen LogP contribution in [-0.2, 0) is 29.3 Å². The van der Waals surface area contributed by atoms with E-state index in [1.165, 1.54) is 33.7 Å². The van der Waals surface area contributed by atoms with E-state index in [9.17, 15) is 9.18 Å². The van der Waals surface area contributed by atoms with Gasteiger partial charge in [0.1, 0.15) is 5.60 Å². The molecule has 1 aromatic rings. The van der Waals surface area contributed by atoms with Crippen LogP contribution in [0.25, 0.3) is 0 Å². The zero-order chi connectivity index (χ0) is 24.1. The summed E-state index contributed by atoms with van der Waals surface area (Å²) in [6.07, 6.45) is 3.70. The lowest BCUT2D eigenvalue weighted by molar-refractivity contribution is -0.297. The van der Waals surface area contributed by atoms with Crippen LogP contribution in [0.15, 0.2) is 24.0 Å². The van der Waals surface area contributed by atoms with E-state index >= 15 is 0 Å². The van der Waals surface area contributed by atoms with Gasteiger partial charge < -0.3 is 29.0 Å². The summed E-state index contributed by atoms with van der Waals surface area (Å²) in [5, 5.41) is 3.61. The van der Waals surface area contributed by atoms with E-state index < -0.39 is 17.1 Å². The van der Waals surface area contributed by atoms with Crippen LogP contribution in [0, 0.1) is 17.7 Å². The Balaban J connectivity index is 1.61. The van der Waals surface area contributed by atoms with Crippen molar-refractivity contribution in [1.82, 2.24) is 4.90 Å². The van der Waals surface area contributed by atoms with Crippen molar-refractivity contribution in [2.45, 2.75) is 43.6 Å². The van der Waals surface area contributed by atoms with Crippen molar-refractivity contribution >= 4 is 11.7 Å². The van der Waals surface area contributed by atoms with Crippen LogP contribution >= 0.6 is 0 Å². The number of esters is 1. The van der Waals surface area contributed by atoms with Crippen LogP contribution in [0.3, 0.4) is 0 Å². The first-order valence-electron chi connectivity index (χ1n) is 11.9. The Morgan fingerprint density at radius 3 is 2.79 bits per heavy atom. The third kappa shape index (κ3) is 3.09. The molecule has 0 unspecified atom stereocenters. The maximum atomic E-state index is 14.8. The van der Waals surface area contributed by atoms with Gasteiger partial charge in [0.15, 0.2) is 17.3 Å². The molecule has 1 N–H and O–H groups in total. The predicted molar refractivity (Wildman–Crippen MR) is 122 cm³/mol. The maximum absolute atomic E-state index is 14.8. The molecule has 4 aliphatic rings. The molecule has 3 fully saturated rings. The Hall–Kier alpha value is -2.36. The summed E-state index contributed by atoms with van der Waals surface area (Å²) in [5.74, 6) is -0.447. The summed E-state index contributed by atoms with van der Waals surface area (Å²) in [6.45, 7) is 4.53. The lowest BCUT2D eigenvalue weighted by atomic mass is 9.67. The number of methoxy groups -OCH3 is 3. The van der Waals surface area contributed by atoms with Crippen molar-refractivity contribution in [2.24, 2.45) is 11.8 Å². The summed E-state index contributed by atoms with van der Waals surface area (Å²) in [7, 11) is 4.41. The second kappa shape index (κ2) is 8.70. The number of ether oxygens (including phenoxy) is 5. The number of piperidine rings is 2. The first-order chi connectivity index (χ1) is 16.5. The van der Waals surface area contributed by atoms with Gasteiger partial charge in [-0.3, -0.25) is 4.90 Å². The zero-order valence-corrected chi connectivity index (χ0v) is 20.2. The van der Waals surface area contributed by atoms with Crippen molar-refractivity contribution in [3.8, 4) is 5.75 Å². The quantitative estimate of drug-likeness (QED) is 0.395. The molecule has 5 atom stereocenters.